The first kappa shape index (κ1) is 17.7. The Labute approximate surface area is 156 Å². The SMILES string of the molecule is CCCCCCOc1ccc(-c2nnc(-c3ccc(Br)cc3)o2)cc1. The zero-order chi connectivity index (χ0) is 17.5. The van der Waals surface area contributed by atoms with Crippen LogP contribution in [-0.4, -0.2) is 16.8 Å². The van der Waals surface area contributed by atoms with Crippen molar-refractivity contribution in [2.24, 2.45) is 0 Å². The molecule has 25 heavy (non-hydrogen) atoms. The number of unbranched alkanes of at least 4 members (excludes halogenated alkanes) is 3. The lowest BCUT2D eigenvalue weighted by atomic mass is 10.2. The van der Waals surface area contributed by atoms with Gasteiger partial charge < -0.3 is 9.15 Å². The van der Waals surface area contributed by atoms with Gasteiger partial charge in [-0.3, -0.25) is 0 Å². The Balaban J connectivity index is 1.62. The summed E-state index contributed by atoms with van der Waals surface area (Å²) in [6, 6.07) is 15.6. The Morgan fingerprint density at radius 1 is 0.840 bits per heavy atom. The molecule has 0 bridgehead atoms. The standard InChI is InChI=1S/C20H21BrN2O2/c1-2-3-4-5-14-24-18-12-8-16(9-13-18)20-23-22-19(25-20)15-6-10-17(21)11-7-15/h6-13H,2-5,14H2,1H3. The van der Waals surface area contributed by atoms with Crippen LogP contribution in [0.5, 0.6) is 5.75 Å². The van der Waals surface area contributed by atoms with Gasteiger partial charge in [-0.2, -0.15) is 0 Å². The summed E-state index contributed by atoms with van der Waals surface area (Å²) in [6.45, 7) is 2.97. The van der Waals surface area contributed by atoms with Gasteiger partial charge in [-0.25, -0.2) is 0 Å². The molecule has 4 nitrogen and oxygen atoms in total. The maximum Gasteiger partial charge on any atom is 0.248 e. The second-order valence-corrected chi connectivity index (χ2v) is 6.77. The molecule has 1 aromatic heterocycles. The first-order valence-electron chi connectivity index (χ1n) is 8.59. The number of halogens is 1. The van der Waals surface area contributed by atoms with Gasteiger partial charge in [0.25, 0.3) is 0 Å². The Kier molecular flexibility index (Phi) is 6.23. The summed E-state index contributed by atoms with van der Waals surface area (Å²) >= 11 is 3.42. The minimum Gasteiger partial charge on any atom is -0.494 e. The van der Waals surface area contributed by atoms with Crippen LogP contribution in [0.4, 0.5) is 0 Å². The van der Waals surface area contributed by atoms with Crippen LogP contribution in [0, 0.1) is 0 Å². The molecular weight excluding hydrogens is 380 g/mol. The highest BCUT2D eigenvalue weighted by Crippen LogP contribution is 2.26. The van der Waals surface area contributed by atoms with Crippen LogP contribution in [0.2, 0.25) is 0 Å². The molecule has 0 atom stereocenters. The molecule has 2 aromatic carbocycles. The Bertz CT molecular complexity index is 782. The molecule has 0 N–H and O–H groups in total. The van der Waals surface area contributed by atoms with Crippen LogP contribution in [0.3, 0.4) is 0 Å². The molecule has 0 fully saturated rings. The lowest BCUT2D eigenvalue weighted by molar-refractivity contribution is 0.305. The van der Waals surface area contributed by atoms with Crippen molar-refractivity contribution < 1.29 is 9.15 Å². The average Bonchev–Trinajstić information content (AvgIpc) is 3.13. The van der Waals surface area contributed by atoms with Gasteiger partial charge >= 0.3 is 0 Å². The van der Waals surface area contributed by atoms with Crippen molar-refractivity contribution in [3.8, 4) is 28.7 Å². The van der Waals surface area contributed by atoms with Gasteiger partial charge in [-0.1, -0.05) is 42.1 Å². The summed E-state index contributed by atoms with van der Waals surface area (Å²) in [4.78, 5) is 0. The monoisotopic (exact) mass is 400 g/mol. The normalized spacial score (nSPS) is 10.8. The van der Waals surface area contributed by atoms with Gasteiger partial charge in [0.1, 0.15) is 5.75 Å². The number of nitrogens with zero attached hydrogens (tertiary/aromatic N) is 2. The molecule has 0 spiro atoms. The number of hydrogen-bond donors (Lipinski definition) is 0. The van der Waals surface area contributed by atoms with E-state index in [4.69, 9.17) is 9.15 Å². The average molecular weight is 401 g/mol. The first-order chi connectivity index (χ1) is 12.3. The predicted octanol–water partition coefficient (Wildman–Crippen LogP) is 6.13. The van der Waals surface area contributed by atoms with Gasteiger partial charge in [0.2, 0.25) is 11.8 Å². The molecule has 5 heteroatoms. The van der Waals surface area contributed by atoms with Gasteiger partial charge in [0, 0.05) is 15.6 Å². The van der Waals surface area contributed by atoms with E-state index in [-0.39, 0.29) is 0 Å². The van der Waals surface area contributed by atoms with Gasteiger partial charge in [0.15, 0.2) is 0 Å². The van der Waals surface area contributed by atoms with Gasteiger partial charge in [-0.15, -0.1) is 10.2 Å². The van der Waals surface area contributed by atoms with Crippen LogP contribution < -0.4 is 4.74 Å². The van der Waals surface area contributed by atoms with Crippen molar-refractivity contribution in [3.05, 3.63) is 53.0 Å². The van der Waals surface area contributed by atoms with Gasteiger partial charge in [0.05, 0.1) is 6.61 Å². The van der Waals surface area contributed by atoms with Crippen LogP contribution in [-0.2, 0) is 0 Å². The summed E-state index contributed by atoms with van der Waals surface area (Å²) in [7, 11) is 0. The third-order valence-electron chi connectivity index (χ3n) is 3.88. The summed E-state index contributed by atoms with van der Waals surface area (Å²) in [5.74, 6) is 1.89. The number of ether oxygens (including phenoxy) is 1. The van der Waals surface area contributed by atoms with E-state index in [2.05, 4.69) is 33.1 Å². The van der Waals surface area contributed by atoms with E-state index in [0.29, 0.717) is 11.8 Å². The van der Waals surface area contributed by atoms with Crippen molar-refractivity contribution in [2.45, 2.75) is 32.6 Å². The zero-order valence-corrected chi connectivity index (χ0v) is 15.8. The molecule has 0 aliphatic carbocycles. The summed E-state index contributed by atoms with van der Waals surface area (Å²) in [6.07, 6.45) is 4.81. The minimum absolute atomic E-state index is 0.507. The molecular formula is C20H21BrN2O2. The summed E-state index contributed by atoms with van der Waals surface area (Å²) < 4.78 is 12.6. The maximum atomic E-state index is 5.78. The minimum atomic E-state index is 0.507. The first-order valence-corrected chi connectivity index (χ1v) is 9.38. The highest BCUT2D eigenvalue weighted by molar-refractivity contribution is 9.10. The van der Waals surface area contributed by atoms with Crippen molar-refractivity contribution in [1.29, 1.82) is 0 Å². The van der Waals surface area contributed by atoms with Crippen molar-refractivity contribution in [3.63, 3.8) is 0 Å². The maximum absolute atomic E-state index is 5.78. The number of rotatable bonds is 8. The van der Waals surface area contributed by atoms with Crippen LogP contribution >= 0.6 is 15.9 Å². The zero-order valence-electron chi connectivity index (χ0n) is 14.2. The second-order valence-electron chi connectivity index (χ2n) is 5.85. The third kappa shape index (κ3) is 4.92. The van der Waals surface area contributed by atoms with E-state index in [1.807, 2.05) is 48.5 Å². The Hall–Kier alpha value is -2.14. The van der Waals surface area contributed by atoms with Crippen LogP contribution in [0.15, 0.2) is 57.4 Å². The largest absolute Gasteiger partial charge is 0.494 e. The molecule has 130 valence electrons. The molecule has 3 rings (SSSR count). The van der Waals surface area contributed by atoms with Gasteiger partial charge in [-0.05, 0) is 55.0 Å². The molecule has 3 aromatic rings. The number of aromatic nitrogens is 2. The molecule has 0 aliphatic rings. The highest BCUT2D eigenvalue weighted by atomic mass is 79.9. The van der Waals surface area contributed by atoms with E-state index < -0.39 is 0 Å². The van der Waals surface area contributed by atoms with Crippen molar-refractivity contribution in [1.82, 2.24) is 10.2 Å². The van der Waals surface area contributed by atoms with Crippen molar-refractivity contribution in [2.75, 3.05) is 6.61 Å². The number of benzene rings is 2. The third-order valence-corrected chi connectivity index (χ3v) is 4.41. The van der Waals surface area contributed by atoms with Crippen LogP contribution in [0.1, 0.15) is 32.6 Å². The summed E-state index contributed by atoms with van der Waals surface area (Å²) in [5, 5.41) is 8.27. The fourth-order valence-corrected chi connectivity index (χ4v) is 2.73. The molecule has 0 aliphatic heterocycles. The summed E-state index contributed by atoms with van der Waals surface area (Å²) in [5.41, 5.74) is 1.78. The quantitative estimate of drug-likeness (QED) is 0.427. The molecule has 1 heterocycles. The van der Waals surface area contributed by atoms with E-state index in [0.717, 1.165) is 34.4 Å². The molecule has 0 unspecified atom stereocenters. The van der Waals surface area contributed by atoms with E-state index in [9.17, 15) is 0 Å². The fraction of sp³-hybridized carbons (Fsp3) is 0.300. The molecule has 0 radical (unpaired) electrons. The van der Waals surface area contributed by atoms with E-state index in [1.54, 1.807) is 0 Å². The Morgan fingerprint density at radius 3 is 2.04 bits per heavy atom. The lowest BCUT2D eigenvalue weighted by Gasteiger charge is -2.06. The predicted molar refractivity (Wildman–Crippen MR) is 103 cm³/mol. The Morgan fingerprint density at radius 2 is 1.44 bits per heavy atom. The lowest BCUT2D eigenvalue weighted by Crippen LogP contribution is -1.96. The molecule has 0 amide bonds. The second kappa shape index (κ2) is 8.81. The van der Waals surface area contributed by atoms with E-state index >= 15 is 0 Å². The van der Waals surface area contributed by atoms with E-state index in [1.165, 1.54) is 19.3 Å². The highest BCUT2D eigenvalue weighted by Gasteiger charge is 2.10. The smallest absolute Gasteiger partial charge is 0.248 e. The fourth-order valence-electron chi connectivity index (χ4n) is 2.46. The molecule has 0 saturated carbocycles. The topological polar surface area (TPSA) is 48.2 Å². The number of hydrogen-bond acceptors (Lipinski definition) is 4. The molecule has 0 saturated heterocycles. The van der Waals surface area contributed by atoms with Crippen molar-refractivity contribution >= 4 is 15.9 Å². The van der Waals surface area contributed by atoms with Crippen LogP contribution in [0.25, 0.3) is 22.9 Å².